The van der Waals surface area contributed by atoms with Crippen molar-refractivity contribution in [3.05, 3.63) is 34.3 Å². The zero-order chi connectivity index (χ0) is 15.7. The number of carbonyl (C=O) groups excluding carboxylic acids is 1. The van der Waals surface area contributed by atoms with Crippen LogP contribution in [-0.4, -0.2) is 17.0 Å². The topological polar surface area (TPSA) is 29.4 Å². The lowest BCUT2D eigenvalue weighted by atomic mass is 9.81. The lowest BCUT2D eigenvalue weighted by Crippen LogP contribution is -2.31. The number of fused-ring (bicyclic) bond motifs is 1. The molecule has 1 aliphatic heterocycles. The number of hydrogen-bond acceptors (Lipinski definition) is 2. The van der Waals surface area contributed by atoms with Crippen LogP contribution in [0.1, 0.15) is 63.5 Å². The highest BCUT2D eigenvalue weighted by atomic mass is 35.5. The lowest BCUT2D eigenvalue weighted by Gasteiger charge is -2.30. The minimum Gasteiger partial charge on any atom is -0.299 e. The van der Waals surface area contributed by atoms with Crippen LogP contribution in [0.25, 0.3) is 0 Å². The van der Waals surface area contributed by atoms with Gasteiger partial charge in [0.2, 0.25) is 0 Å². The Hall–Kier alpha value is -1.15. The zero-order valence-corrected chi connectivity index (χ0v) is 14.2. The molecule has 2 aliphatic rings. The molecule has 3 heteroatoms. The van der Waals surface area contributed by atoms with Gasteiger partial charge in [-0.2, -0.15) is 0 Å². The predicted octanol–water partition coefficient (Wildman–Crippen LogP) is 5.00. The Morgan fingerprint density at radius 3 is 2.73 bits per heavy atom. The second-order valence-electron chi connectivity index (χ2n) is 7.30. The summed E-state index contributed by atoms with van der Waals surface area (Å²) >= 11 is 6.41. The Labute approximate surface area is 138 Å². The summed E-state index contributed by atoms with van der Waals surface area (Å²) in [5.74, 6) is 0.578. The van der Waals surface area contributed by atoms with Crippen molar-refractivity contribution in [1.82, 2.24) is 0 Å². The van der Waals surface area contributed by atoms with E-state index in [1.54, 1.807) is 0 Å². The number of rotatable bonds is 3. The number of Topliss-reactive ketones (excluding diaryl/α,β-unsaturated/α-hetero) is 1. The Kier molecular flexibility index (Phi) is 4.40. The Morgan fingerprint density at radius 2 is 2.00 bits per heavy atom. The molecule has 0 unspecified atom stereocenters. The molecule has 0 spiro atoms. The van der Waals surface area contributed by atoms with Gasteiger partial charge in [0.15, 0.2) is 0 Å². The first kappa shape index (κ1) is 15.7. The van der Waals surface area contributed by atoms with Crippen molar-refractivity contribution in [2.45, 2.75) is 64.3 Å². The summed E-state index contributed by atoms with van der Waals surface area (Å²) in [4.78, 5) is 17.5. The SMILES string of the molecule is CC1(C)Cc2cccc(Cl)c2C(CC(=O)C2CCCCC2)=N1. The highest BCUT2D eigenvalue weighted by molar-refractivity contribution is 6.35. The third-order valence-electron chi connectivity index (χ3n) is 4.85. The molecule has 1 aromatic carbocycles. The molecule has 0 atom stereocenters. The van der Waals surface area contributed by atoms with Gasteiger partial charge in [-0.3, -0.25) is 9.79 Å². The van der Waals surface area contributed by atoms with Gasteiger partial charge in [0.25, 0.3) is 0 Å². The molecule has 22 heavy (non-hydrogen) atoms. The number of benzene rings is 1. The molecule has 0 saturated heterocycles. The first-order valence-electron chi connectivity index (χ1n) is 8.35. The molecule has 0 aromatic heterocycles. The quantitative estimate of drug-likeness (QED) is 0.771. The summed E-state index contributed by atoms with van der Waals surface area (Å²) in [5.41, 5.74) is 2.97. The lowest BCUT2D eigenvalue weighted by molar-refractivity contribution is -0.122. The predicted molar refractivity (Wildman–Crippen MR) is 92.0 cm³/mol. The third kappa shape index (κ3) is 3.27. The van der Waals surface area contributed by atoms with Gasteiger partial charge in [0.05, 0.1) is 11.3 Å². The second-order valence-corrected chi connectivity index (χ2v) is 7.71. The molecule has 1 saturated carbocycles. The number of aliphatic imine (C=N–C) groups is 1. The minimum atomic E-state index is -0.153. The van der Waals surface area contributed by atoms with E-state index in [9.17, 15) is 4.79 Å². The average Bonchev–Trinajstić information content (AvgIpc) is 2.46. The van der Waals surface area contributed by atoms with Crippen molar-refractivity contribution in [2.24, 2.45) is 10.9 Å². The Bertz CT molecular complexity index is 612. The third-order valence-corrected chi connectivity index (χ3v) is 5.17. The molecule has 0 bridgehead atoms. The number of nitrogens with zero attached hydrogens (tertiary/aromatic N) is 1. The van der Waals surface area contributed by atoms with Crippen molar-refractivity contribution in [3.63, 3.8) is 0 Å². The maximum absolute atomic E-state index is 12.7. The standard InChI is InChI=1S/C19H24ClNO/c1-19(2)12-14-9-6-10-15(20)18(14)16(21-19)11-17(22)13-7-4-3-5-8-13/h6,9-10,13H,3-5,7-8,11-12H2,1-2H3. The van der Waals surface area contributed by atoms with Gasteiger partial charge in [-0.1, -0.05) is 43.0 Å². The van der Waals surface area contributed by atoms with Crippen LogP contribution in [0.5, 0.6) is 0 Å². The first-order chi connectivity index (χ1) is 10.5. The van der Waals surface area contributed by atoms with Gasteiger partial charge < -0.3 is 0 Å². The van der Waals surface area contributed by atoms with Crippen molar-refractivity contribution < 1.29 is 4.79 Å². The van der Waals surface area contributed by atoms with E-state index in [2.05, 4.69) is 19.9 Å². The van der Waals surface area contributed by atoms with E-state index >= 15 is 0 Å². The van der Waals surface area contributed by atoms with E-state index in [1.807, 2.05) is 12.1 Å². The van der Waals surface area contributed by atoms with Crippen LogP contribution >= 0.6 is 11.6 Å². The van der Waals surface area contributed by atoms with Crippen LogP contribution in [0.2, 0.25) is 5.02 Å². The Balaban J connectivity index is 1.88. The molecule has 0 N–H and O–H groups in total. The van der Waals surface area contributed by atoms with Gasteiger partial charge in [-0.25, -0.2) is 0 Å². The van der Waals surface area contributed by atoms with E-state index in [4.69, 9.17) is 16.6 Å². The number of hydrogen-bond donors (Lipinski definition) is 0. The average molecular weight is 318 g/mol. The maximum atomic E-state index is 12.7. The van der Waals surface area contributed by atoms with Crippen LogP contribution in [0.3, 0.4) is 0 Å². The number of halogens is 1. The fourth-order valence-electron chi connectivity index (χ4n) is 3.83. The fourth-order valence-corrected chi connectivity index (χ4v) is 4.13. The highest BCUT2D eigenvalue weighted by Crippen LogP contribution is 2.33. The van der Waals surface area contributed by atoms with Gasteiger partial charge in [0.1, 0.15) is 5.78 Å². The fraction of sp³-hybridized carbons (Fsp3) is 0.579. The number of ketones is 1. The summed E-state index contributed by atoms with van der Waals surface area (Å²) in [6.07, 6.45) is 7.05. The summed E-state index contributed by atoms with van der Waals surface area (Å²) in [6.45, 7) is 4.25. The van der Waals surface area contributed by atoms with Crippen LogP contribution in [0.4, 0.5) is 0 Å². The van der Waals surface area contributed by atoms with E-state index in [0.29, 0.717) is 12.2 Å². The van der Waals surface area contributed by atoms with Gasteiger partial charge in [-0.15, -0.1) is 0 Å². The molecule has 3 rings (SSSR count). The van der Waals surface area contributed by atoms with Crippen molar-refractivity contribution >= 4 is 23.1 Å². The summed E-state index contributed by atoms with van der Waals surface area (Å²) in [6, 6.07) is 6.01. The van der Waals surface area contributed by atoms with E-state index in [-0.39, 0.29) is 11.5 Å². The van der Waals surface area contributed by atoms with E-state index in [1.165, 1.54) is 24.8 Å². The molecule has 1 aliphatic carbocycles. The van der Waals surface area contributed by atoms with Crippen molar-refractivity contribution in [1.29, 1.82) is 0 Å². The van der Waals surface area contributed by atoms with Crippen LogP contribution < -0.4 is 0 Å². The molecule has 1 heterocycles. The zero-order valence-electron chi connectivity index (χ0n) is 13.5. The molecular weight excluding hydrogens is 294 g/mol. The first-order valence-corrected chi connectivity index (χ1v) is 8.73. The summed E-state index contributed by atoms with van der Waals surface area (Å²) < 4.78 is 0. The van der Waals surface area contributed by atoms with Crippen molar-refractivity contribution in [2.75, 3.05) is 0 Å². The number of carbonyl (C=O) groups is 1. The molecule has 0 amide bonds. The largest absolute Gasteiger partial charge is 0.299 e. The Morgan fingerprint density at radius 1 is 1.27 bits per heavy atom. The van der Waals surface area contributed by atoms with Gasteiger partial charge >= 0.3 is 0 Å². The summed E-state index contributed by atoms with van der Waals surface area (Å²) in [5, 5.41) is 0.725. The molecule has 2 nitrogen and oxygen atoms in total. The highest BCUT2D eigenvalue weighted by Gasteiger charge is 2.30. The monoisotopic (exact) mass is 317 g/mol. The summed E-state index contributed by atoms with van der Waals surface area (Å²) in [7, 11) is 0. The smallest absolute Gasteiger partial charge is 0.141 e. The molecular formula is C19H24ClNO. The molecule has 0 radical (unpaired) electrons. The van der Waals surface area contributed by atoms with E-state index in [0.717, 1.165) is 35.6 Å². The van der Waals surface area contributed by atoms with Crippen LogP contribution in [-0.2, 0) is 11.2 Å². The van der Waals surface area contributed by atoms with Gasteiger partial charge in [0, 0.05) is 22.9 Å². The van der Waals surface area contributed by atoms with E-state index < -0.39 is 0 Å². The molecule has 1 fully saturated rings. The molecule has 1 aromatic rings. The normalized spacial score (nSPS) is 21.1. The van der Waals surface area contributed by atoms with Crippen LogP contribution in [0, 0.1) is 5.92 Å². The van der Waals surface area contributed by atoms with Crippen LogP contribution in [0.15, 0.2) is 23.2 Å². The molecule has 118 valence electrons. The minimum absolute atomic E-state index is 0.153. The van der Waals surface area contributed by atoms with Gasteiger partial charge in [-0.05, 0) is 44.7 Å². The second kappa shape index (κ2) is 6.16. The van der Waals surface area contributed by atoms with Crippen molar-refractivity contribution in [3.8, 4) is 0 Å². The maximum Gasteiger partial charge on any atom is 0.141 e.